The SMILES string of the molecule is CCc1ccccc1CNC(=NC)NCCC1CCN(C)CC1. The van der Waals surface area contributed by atoms with Gasteiger partial charge in [-0.05, 0) is 62.9 Å². The predicted octanol–water partition coefficient (Wildman–Crippen LogP) is 2.65. The van der Waals surface area contributed by atoms with Crippen molar-refractivity contribution < 1.29 is 0 Å². The van der Waals surface area contributed by atoms with E-state index in [4.69, 9.17) is 0 Å². The molecule has 0 radical (unpaired) electrons. The summed E-state index contributed by atoms with van der Waals surface area (Å²) in [4.78, 5) is 6.77. The minimum Gasteiger partial charge on any atom is -0.356 e. The molecule has 1 aromatic carbocycles. The van der Waals surface area contributed by atoms with Crippen molar-refractivity contribution in [3.05, 3.63) is 35.4 Å². The molecule has 4 heteroatoms. The van der Waals surface area contributed by atoms with Gasteiger partial charge in [0.25, 0.3) is 0 Å². The van der Waals surface area contributed by atoms with Crippen LogP contribution < -0.4 is 10.6 Å². The van der Waals surface area contributed by atoms with Gasteiger partial charge in [0.15, 0.2) is 5.96 Å². The highest BCUT2D eigenvalue weighted by Crippen LogP contribution is 2.18. The van der Waals surface area contributed by atoms with Crippen LogP contribution in [0.3, 0.4) is 0 Å². The van der Waals surface area contributed by atoms with Crippen LogP contribution in [0.25, 0.3) is 0 Å². The monoisotopic (exact) mass is 316 g/mol. The molecule has 2 N–H and O–H groups in total. The molecule has 0 unspecified atom stereocenters. The van der Waals surface area contributed by atoms with Crippen LogP contribution in [0.2, 0.25) is 0 Å². The molecule has 0 bridgehead atoms. The molecule has 0 aromatic heterocycles. The summed E-state index contributed by atoms with van der Waals surface area (Å²) in [6, 6.07) is 8.61. The molecule has 0 atom stereocenters. The van der Waals surface area contributed by atoms with Gasteiger partial charge >= 0.3 is 0 Å². The lowest BCUT2D eigenvalue weighted by molar-refractivity contribution is 0.213. The van der Waals surface area contributed by atoms with Crippen molar-refractivity contribution in [1.82, 2.24) is 15.5 Å². The van der Waals surface area contributed by atoms with Gasteiger partial charge in [-0.25, -0.2) is 0 Å². The van der Waals surface area contributed by atoms with Gasteiger partial charge in [0.05, 0.1) is 0 Å². The summed E-state index contributed by atoms with van der Waals surface area (Å²) in [5.74, 6) is 1.77. The number of benzene rings is 1. The Morgan fingerprint density at radius 3 is 2.52 bits per heavy atom. The standard InChI is InChI=1S/C19H32N4/c1-4-17-7-5-6-8-18(17)15-22-19(20-2)21-12-9-16-10-13-23(3)14-11-16/h5-8,16H,4,9-15H2,1-3H3,(H2,20,21,22). The van der Waals surface area contributed by atoms with Crippen molar-refractivity contribution in [2.75, 3.05) is 33.7 Å². The zero-order valence-electron chi connectivity index (χ0n) is 14.9. The molecule has 23 heavy (non-hydrogen) atoms. The molecule has 1 saturated heterocycles. The summed E-state index contributed by atoms with van der Waals surface area (Å²) in [5.41, 5.74) is 2.76. The zero-order chi connectivity index (χ0) is 16.5. The van der Waals surface area contributed by atoms with Crippen molar-refractivity contribution >= 4 is 5.96 Å². The summed E-state index contributed by atoms with van der Waals surface area (Å²) < 4.78 is 0. The van der Waals surface area contributed by atoms with E-state index >= 15 is 0 Å². The summed E-state index contributed by atoms with van der Waals surface area (Å²) >= 11 is 0. The van der Waals surface area contributed by atoms with Crippen molar-refractivity contribution in [1.29, 1.82) is 0 Å². The fraction of sp³-hybridized carbons (Fsp3) is 0.632. The van der Waals surface area contributed by atoms with E-state index in [-0.39, 0.29) is 0 Å². The van der Waals surface area contributed by atoms with E-state index in [0.717, 1.165) is 31.4 Å². The average molecular weight is 316 g/mol. The molecule has 1 aliphatic rings. The summed E-state index contributed by atoms with van der Waals surface area (Å²) in [6.45, 7) is 6.52. The topological polar surface area (TPSA) is 39.7 Å². The van der Waals surface area contributed by atoms with E-state index in [0.29, 0.717) is 0 Å². The van der Waals surface area contributed by atoms with Gasteiger partial charge < -0.3 is 15.5 Å². The Bertz CT molecular complexity index is 490. The Kier molecular flexibility index (Phi) is 7.40. The largest absolute Gasteiger partial charge is 0.356 e. The van der Waals surface area contributed by atoms with Crippen LogP contribution in [0, 0.1) is 5.92 Å². The molecule has 1 aromatic rings. The lowest BCUT2D eigenvalue weighted by Crippen LogP contribution is -2.38. The Morgan fingerprint density at radius 1 is 1.17 bits per heavy atom. The number of rotatable bonds is 6. The minimum atomic E-state index is 0.831. The van der Waals surface area contributed by atoms with Crippen molar-refractivity contribution in [3.8, 4) is 0 Å². The Hall–Kier alpha value is -1.55. The predicted molar refractivity (Wildman–Crippen MR) is 98.9 cm³/mol. The second kappa shape index (κ2) is 9.56. The lowest BCUT2D eigenvalue weighted by atomic mass is 9.94. The van der Waals surface area contributed by atoms with Gasteiger partial charge in [0.1, 0.15) is 0 Å². The van der Waals surface area contributed by atoms with Crippen molar-refractivity contribution in [3.63, 3.8) is 0 Å². The molecule has 1 fully saturated rings. The minimum absolute atomic E-state index is 0.831. The maximum absolute atomic E-state index is 4.34. The van der Waals surface area contributed by atoms with Gasteiger partial charge in [-0.1, -0.05) is 31.2 Å². The molecule has 0 aliphatic carbocycles. The molecular weight excluding hydrogens is 284 g/mol. The second-order valence-electron chi connectivity index (χ2n) is 6.51. The quantitative estimate of drug-likeness (QED) is 0.626. The number of piperidine rings is 1. The van der Waals surface area contributed by atoms with Gasteiger partial charge in [-0.15, -0.1) is 0 Å². The smallest absolute Gasteiger partial charge is 0.191 e. The van der Waals surface area contributed by atoms with E-state index in [2.05, 4.69) is 58.8 Å². The Labute approximate surface area is 141 Å². The van der Waals surface area contributed by atoms with Crippen LogP contribution in [0.4, 0.5) is 0 Å². The first-order chi connectivity index (χ1) is 11.2. The molecule has 0 amide bonds. The van der Waals surface area contributed by atoms with Gasteiger partial charge in [-0.3, -0.25) is 4.99 Å². The number of guanidine groups is 1. The summed E-state index contributed by atoms with van der Waals surface area (Å²) in [7, 11) is 4.06. The average Bonchev–Trinajstić information content (AvgIpc) is 2.59. The van der Waals surface area contributed by atoms with E-state index in [1.54, 1.807) is 0 Å². The third-order valence-electron chi connectivity index (χ3n) is 4.85. The normalized spacial score (nSPS) is 17.3. The third kappa shape index (κ3) is 5.87. The molecule has 128 valence electrons. The number of likely N-dealkylation sites (tertiary alicyclic amines) is 1. The van der Waals surface area contributed by atoms with Gasteiger partial charge in [-0.2, -0.15) is 0 Å². The number of aliphatic imine (C=N–C) groups is 1. The fourth-order valence-corrected chi connectivity index (χ4v) is 3.22. The zero-order valence-corrected chi connectivity index (χ0v) is 14.9. The first-order valence-corrected chi connectivity index (χ1v) is 8.92. The molecule has 0 spiro atoms. The van der Waals surface area contributed by atoms with Crippen molar-refractivity contribution in [2.45, 2.75) is 39.2 Å². The van der Waals surface area contributed by atoms with Crippen LogP contribution in [-0.4, -0.2) is 44.6 Å². The maximum Gasteiger partial charge on any atom is 0.191 e. The first-order valence-electron chi connectivity index (χ1n) is 8.92. The fourth-order valence-electron chi connectivity index (χ4n) is 3.22. The summed E-state index contributed by atoms with van der Waals surface area (Å²) in [6.07, 6.45) is 4.96. The van der Waals surface area contributed by atoms with Crippen LogP contribution in [-0.2, 0) is 13.0 Å². The number of hydrogen-bond acceptors (Lipinski definition) is 2. The molecule has 2 rings (SSSR count). The van der Waals surface area contributed by atoms with Crippen LogP contribution in [0.15, 0.2) is 29.3 Å². The van der Waals surface area contributed by atoms with E-state index < -0.39 is 0 Å². The molecular formula is C19H32N4. The third-order valence-corrected chi connectivity index (χ3v) is 4.85. The van der Waals surface area contributed by atoms with Gasteiger partial charge in [0, 0.05) is 20.1 Å². The van der Waals surface area contributed by atoms with Gasteiger partial charge in [0.2, 0.25) is 0 Å². The lowest BCUT2D eigenvalue weighted by Gasteiger charge is -2.29. The molecule has 1 aliphatic heterocycles. The maximum atomic E-state index is 4.34. The molecule has 4 nitrogen and oxygen atoms in total. The van der Waals surface area contributed by atoms with Crippen LogP contribution in [0.5, 0.6) is 0 Å². The molecule has 0 saturated carbocycles. The van der Waals surface area contributed by atoms with E-state index in [1.807, 2.05) is 7.05 Å². The Balaban J connectivity index is 1.71. The highest BCUT2D eigenvalue weighted by atomic mass is 15.2. The van der Waals surface area contributed by atoms with E-state index in [9.17, 15) is 0 Å². The number of aryl methyl sites for hydroxylation is 1. The highest BCUT2D eigenvalue weighted by molar-refractivity contribution is 5.79. The Morgan fingerprint density at radius 2 is 1.87 bits per heavy atom. The van der Waals surface area contributed by atoms with Crippen molar-refractivity contribution in [2.24, 2.45) is 10.9 Å². The van der Waals surface area contributed by atoms with Crippen LogP contribution in [0.1, 0.15) is 37.3 Å². The summed E-state index contributed by atoms with van der Waals surface area (Å²) in [5, 5.41) is 6.90. The number of hydrogen-bond donors (Lipinski definition) is 2. The van der Waals surface area contributed by atoms with Crippen LogP contribution >= 0.6 is 0 Å². The van der Waals surface area contributed by atoms with E-state index in [1.165, 1.54) is 43.5 Å². The number of nitrogens with one attached hydrogen (secondary N) is 2. The highest BCUT2D eigenvalue weighted by Gasteiger charge is 2.16. The second-order valence-corrected chi connectivity index (χ2v) is 6.51. The number of nitrogens with zero attached hydrogens (tertiary/aromatic N) is 2. The molecule has 1 heterocycles. The first kappa shape index (κ1) is 17.8.